The van der Waals surface area contributed by atoms with Crippen LogP contribution < -0.4 is 4.74 Å². The summed E-state index contributed by atoms with van der Waals surface area (Å²) in [6.07, 6.45) is -3.63. The minimum Gasteiger partial charge on any atom is -0.435 e. The number of rotatable bonds is 5. The fourth-order valence-corrected chi connectivity index (χ4v) is 2.28. The van der Waals surface area contributed by atoms with E-state index in [4.69, 9.17) is 0 Å². The van der Waals surface area contributed by atoms with Crippen LogP contribution in [0.2, 0.25) is 0 Å². The van der Waals surface area contributed by atoms with Crippen molar-refractivity contribution in [3.05, 3.63) is 59.4 Å². The van der Waals surface area contributed by atoms with Crippen LogP contribution in [0.1, 0.15) is 29.7 Å². The Morgan fingerprint density at radius 1 is 1.12 bits per heavy atom. The number of nitrogens with zero attached hydrogens (tertiary/aromatic N) is 1. The molecule has 1 unspecified atom stereocenters. The molecule has 0 bridgehead atoms. The maximum absolute atomic E-state index is 12.6. The average Bonchev–Trinajstić information content (AvgIpc) is 2.46. The molecule has 1 heterocycles. The first-order valence-corrected chi connectivity index (χ1v) is 6.77. The SMILES string of the molecule is CC(=O)C(c1ccc(C(F)(F)F)nc1)c1cccc(OC(F)F)c1. The summed E-state index contributed by atoms with van der Waals surface area (Å²) >= 11 is 0. The summed E-state index contributed by atoms with van der Waals surface area (Å²) in [6, 6.07) is 7.36. The molecule has 0 fully saturated rings. The van der Waals surface area contributed by atoms with Gasteiger partial charge >= 0.3 is 12.8 Å². The Bertz CT molecular complexity index is 713. The summed E-state index contributed by atoms with van der Waals surface area (Å²) in [5.74, 6) is -1.44. The predicted octanol–water partition coefficient (Wildman–Crippen LogP) is 4.42. The van der Waals surface area contributed by atoms with Crippen LogP contribution in [0.25, 0.3) is 0 Å². The van der Waals surface area contributed by atoms with Gasteiger partial charge in [-0.3, -0.25) is 9.78 Å². The number of ketones is 1. The van der Waals surface area contributed by atoms with E-state index in [1.807, 2.05) is 0 Å². The summed E-state index contributed by atoms with van der Waals surface area (Å²) in [4.78, 5) is 15.2. The lowest BCUT2D eigenvalue weighted by Crippen LogP contribution is -2.13. The van der Waals surface area contributed by atoms with Gasteiger partial charge in [-0.05, 0) is 36.2 Å². The number of carbonyl (C=O) groups is 1. The van der Waals surface area contributed by atoms with Gasteiger partial charge in [-0.1, -0.05) is 18.2 Å². The number of aromatic nitrogens is 1. The molecule has 8 heteroatoms. The van der Waals surface area contributed by atoms with Crippen molar-refractivity contribution >= 4 is 5.78 Å². The highest BCUT2D eigenvalue weighted by molar-refractivity contribution is 5.86. The molecule has 0 saturated heterocycles. The molecule has 24 heavy (non-hydrogen) atoms. The Morgan fingerprint density at radius 2 is 1.83 bits per heavy atom. The van der Waals surface area contributed by atoms with E-state index in [0.29, 0.717) is 5.56 Å². The molecule has 0 aliphatic carbocycles. The zero-order valence-electron chi connectivity index (χ0n) is 12.3. The Balaban J connectivity index is 2.38. The van der Waals surface area contributed by atoms with E-state index in [2.05, 4.69) is 9.72 Å². The molecule has 0 saturated carbocycles. The molecule has 1 aromatic carbocycles. The smallest absolute Gasteiger partial charge is 0.433 e. The summed E-state index contributed by atoms with van der Waals surface area (Å²) in [5, 5.41) is 0. The van der Waals surface area contributed by atoms with Gasteiger partial charge in [0.25, 0.3) is 0 Å². The minimum absolute atomic E-state index is 0.145. The van der Waals surface area contributed by atoms with E-state index in [-0.39, 0.29) is 17.1 Å². The Hall–Kier alpha value is -2.51. The molecule has 2 aromatic rings. The maximum Gasteiger partial charge on any atom is 0.433 e. The number of carbonyl (C=O) groups excluding carboxylic acids is 1. The van der Waals surface area contributed by atoms with Gasteiger partial charge < -0.3 is 4.74 Å². The normalized spacial score (nSPS) is 13.0. The lowest BCUT2D eigenvalue weighted by molar-refractivity contribution is -0.141. The second-order valence-corrected chi connectivity index (χ2v) is 4.97. The van der Waals surface area contributed by atoms with Crippen LogP contribution >= 0.6 is 0 Å². The molecule has 0 aliphatic heterocycles. The van der Waals surface area contributed by atoms with Crippen LogP contribution in [-0.4, -0.2) is 17.4 Å². The van der Waals surface area contributed by atoms with Crippen LogP contribution in [0.15, 0.2) is 42.6 Å². The third kappa shape index (κ3) is 4.27. The van der Waals surface area contributed by atoms with Gasteiger partial charge in [0.1, 0.15) is 17.2 Å². The number of ether oxygens (including phenoxy) is 1. The van der Waals surface area contributed by atoms with Gasteiger partial charge in [-0.15, -0.1) is 0 Å². The lowest BCUT2D eigenvalue weighted by atomic mass is 9.89. The third-order valence-electron chi connectivity index (χ3n) is 3.23. The number of hydrogen-bond acceptors (Lipinski definition) is 3. The topological polar surface area (TPSA) is 39.2 Å². The molecule has 1 atom stereocenters. The average molecular weight is 345 g/mol. The molecule has 0 aliphatic rings. The molecular weight excluding hydrogens is 333 g/mol. The molecule has 0 amide bonds. The molecule has 2 rings (SSSR count). The number of alkyl halides is 5. The largest absolute Gasteiger partial charge is 0.435 e. The van der Waals surface area contributed by atoms with E-state index in [1.54, 1.807) is 0 Å². The lowest BCUT2D eigenvalue weighted by Gasteiger charge is -2.16. The van der Waals surface area contributed by atoms with Gasteiger partial charge in [0, 0.05) is 6.20 Å². The van der Waals surface area contributed by atoms with Gasteiger partial charge in [0.2, 0.25) is 0 Å². The second kappa shape index (κ2) is 6.94. The molecule has 0 radical (unpaired) electrons. The van der Waals surface area contributed by atoms with Crippen molar-refractivity contribution in [2.75, 3.05) is 0 Å². The Kier molecular flexibility index (Phi) is 5.16. The maximum atomic E-state index is 12.6. The first kappa shape index (κ1) is 17.8. The number of pyridine rings is 1. The standard InChI is InChI=1S/C16H12F5NO2/c1-9(23)14(10-3-2-4-12(7-10)24-15(17)18)11-5-6-13(22-8-11)16(19,20)21/h2-8,14-15H,1H3. The second-order valence-electron chi connectivity index (χ2n) is 4.97. The van der Waals surface area contributed by atoms with Crippen molar-refractivity contribution in [3.8, 4) is 5.75 Å². The molecule has 128 valence electrons. The van der Waals surface area contributed by atoms with Crippen LogP contribution in [0.4, 0.5) is 22.0 Å². The fraction of sp³-hybridized carbons (Fsp3) is 0.250. The molecule has 1 aromatic heterocycles. The summed E-state index contributed by atoms with van der Waals surface area (Å²) < 4.78 is 66.5. The highest BCUT2D eigenvalue weighted by Gasteiger charge is 2.32. The van der Waals surface area contributed by atoms with E-state index in [9.17, 15) is 26.7 Å². The van der Waals surface area contributed by atoms with Crippen molar-refractivity contribution in [3.63, 3.8) is 0 Å². The van der Waals surface area contributed by atoms with Crippen LogP contribution in [0.5, 0.6) is 5.75 Å². The van der Waals surface area contributed by atoms with Crippen LogP contribution in [0, 0.1) is 0 Å². The first-order valence-electron chi connectivity index (χ1n) is 6.77. The van der Waals surface area contributed by atoms with Gasteiger partial charge in [-0.25, -0.2) is 0 Å². The van der Waals surface area contributed by atoms with Crippen molar-refractivity contribution in [2.45, 2.75) is 25.6 Å². The summed E-state index contributed by atoms with van der Waals surface area (Å²) in [5.41, 5.74) is -0.532. The quantitative estimate of drug-likeness (QED) is 0.753. The summed E-state index contributed by atoms with van der Waals surface area (Å²) in [6.45, 7) is -1.77. The van der Waals surface area contributed by atoms with Crippen molar-refractivity contribution < 1.29 is 31.5 Å². The van der Waals surface area contributed by atoms with Gasteiger partial charge in [-0.2, -0.15) is 22.0 Å². The summed E-state index contributed by atoms with van der Waals surface area (Å²) in [7, 11) is 0. The predicted molar refractivity (Wildman–Crippen MR) is 74.8 cm³/mol. The van der Waals surface area contributed by atoms with E-state index in [1.165, 1.54) is 31.2 Å². The monoisotopic (exact) mass is 345 g/mol. The highest BCUT2D eigenvalue weighted by atomic mass is 19.4. The van der Waals surface area contributed by atoms with Crippen LogP contribution in [-0.2, 0) is 11.0 Å². The van der Waals surface area contributed by atoms with E-state index < -0.39 is 24.4 Å². The molecule has 0 spiro atoms. The van der Waals surface area contributed by atoms with E-state index >= 15 is 0 Å². The Labute approximate surface area is 134 Å². The third-order valence-corrected chi connectivity index (χ3v) is 3.23. The highest BCUT2D eigenvalue weighted by Crippen LogP contribution is 2.31. The first-order chi connectivity index (χ1) is 11.2. The van der Waals surface area contributed by atoms with Crippen LogP contribution in [0.3, 0.4) is 0 Å². The molecular formula is C16H12F5NO2. The molecule has 3 nitrogen and oxygen atoms in total. The van der Waals surface area contributed by atoms with Crippen molar-refractivity contribution in [1.82, 2.24) is 4.98 Å². The number of hydrogen-bond donors (Lipinski definition) is 0. The number of halogens is 5. The van der Waals surface area contributed by atoms with Crippen molar-refractivity contribution in [2.24, 2.45) is 0 Å². The Morgan fingerprint density at radius 3 is 2.33 bits per heavy atom. The minimum atomic E-state index is -4.59. The number of benzene rings is 1. The zero-order chi connectivity index (χ0) is 17.9. The molecule has 0 N–H and O–H groups in total. The van der Waals surface area contributed by atoms with Crippen molar-refractivity contribution in [1.29, 1.82) is 0 Å². The fourth-order valence-electron chi connectivity index (χ4n) is 2.28. The zero-order valence-corrected chi connectivity index (χ0v) is 12.3. The van der Waals surface area contributed by atoms with Gasteiger partial charge in [0.05, 0.1) is 5.92 Å². The van der Waals surface area contributed by atoms with E-state index in [0.717, 1.165) is 18.3 Å². The number of Topliss-reactive ketones (excluding diaryl/α,β-unsaturated/α-hetero) is 1. The van der Waals surface area contributed by atoms with Gasteiger partial charge in [0.15, 0.2) is 0 Å².